The summed E-state index contributed by atoms with van der Waals surface area (Å²) in [4.78, 5) is 0. The van der Waals surface area contributed by atoms with Crippen LogP contribution in [0.4, 0.5) is 0 Å². The van der Waals surface area contributed by atoms with E-state index in [1.807, 2.05) is 25.1 Å². The van der Waals surface area contributed by atoms with E-state index in [4.69, 9.17) is 9.15 Å². The number of methoxy groups -OCH3 is 1. The molecule has 1 aromatic carbocycles. The van der Waals surface area contributed by atoms with Crippen molar-refractivity contribution in [2.45, 2.75) is 20.0 Å². The second-order valence-corrected chi connectivity index (χ2v) is 5.10. The van der Waals surface area contributed by atoms with Crippen LogP contribution in [0.5, 0.6) is 11.5 Å². The number of benzene rings is 1. The minimum Gasteiger partial charge on any atom is -0.503 e. The van der Waals surface area contributed by atoms with E-state index in [1.165, 1.54) is 7.11 Å². The maximum Gasteiger partial charge on any atom is 0.172 e. The van der Waals surface area contributed by atoms with Gasteiger partial charge in [-0.05, 0) is 52.7 Å². The number of ether oxygens (including phenoxy) is 1. The standard InChI is InChI=1S/C14H16BrNO3/c1-9-3-4-11(19-9)8-16-7-10-5-12(15)14(17)13(6-10)18-2/h3-6,16-17H,7-8H2,1-2H3. The number of aryl methyl sites for hydroxylation is 1. The Morgan fingerprint density at radius 2 is 2.11 bits per heavy atom. The zero-order chi connectivity index (χ0) is 13.8. The fraction of sp³-hybridized carbons (Fsp3) is 0.286. The Kier molecular flexibility index (Phi) is 4.50. The largest absolute Gasteiger partial charge is 0.503 e. The van der Waals surface area contributed by atoms with Crippen molar-refractivity contribution in [3.63, 3.8) is 0 Å². The molecule has 2 N–H and O–H groups in total. The van der Waals surface area contributed by atoms with E-state index < -0.39 is 0 Å². The van der Waals surface area contributed by atoms with Crippen LogP contribution in [0.3, 0.4) is 0 Å². The summed E-state index contributed by atoms with van der Waals surface area (Å²) in [7, 11) is 1.53. The van der Waals surface area contributed by atoms with Crippen LogP contribution in [-0.2, 0) is 13.1 Å². The Labute approximate surface area is 120 Å². The highest BCUT2D eigenvalue weighted by atomic mass is 79.9. The zero-order valence-electron chi connectivity index (χ0n) is 10.9. The summed E-state index contributed by atoms with van der Waals surface area (Å²) < 4.78 is 11.2. The molecular weight excluding hydrogens is 310 g/mol. The molecule has 0 radical (unpaired) electrons. The van der Waals surface area contributed by atoms with Crippen LogP contribution in [0.15, 0.2) is 33.2 Å². The van der Waals surface area contributed by atoms with Crippen molar-refractivity contribution in [3.8, 4) is 11.5 Å². The predicted octanol–water partition coefficient (Wildman–Crippen LogP) is 3.35. The van der Waals surface area contributed by atoms with E-state index >= 15 is 0 Å². The average Bonchev–Trinajstić information content (AvgIpc) is 2.79. The molecule has 1 aromatic heterocycles. The van der Waals surface area contributed by atoms with Gasteiger partial charge in [0, 0.05) is 6.54 Å². The van der Waals surface area contributed by atoms with Gasteiger partial charge in [-0.25, -0.2) is 0 Å². The summed E-state index contributed by atoms with van der Waals surface area (Å²) in [5, 5.41) is 13.0. The van der Waals surface area contributed by atoms with Crippen molar-refractivity contribution in [2.24, 2.45) is 0 Å². The van der Waals surface area contributed by atoms with Crippen LogP contribution in [0.2, 0.25) is 0 Å². The summed E-state index contributed by atoms with van der Waals surface area (Å²) in [5.74, 6) is 2.39. The van der Waals surface area contributed by atoms with Gasteiger partial charge in [0.2, 0.25) is 0 Å². The summed E-state index contributed by atoms with van der Waals surface area (Å²) in [6.45, 7) is 3.25. The number of aromatic hydroxyl groups is 1. The van der Waals surface area contributed by atoms with Gasteiger partial charge in [0.05, 0.1) is 18.1 Å². The van der Waals surface area contributed by atoms with Gasteiger partial charge >= 0.3 is 0 Å². The molecule has 4 nitrogen and oxygen atoms in total. The van der Waals surface area contributed by atoms with Gasteiger partial charge in [0.1, 0.15) is 11.5 Å². The van der Waals surface area contributed by atoms with Crippen LogP contribution in [-0.4, -0.2) is 12.2 Å². The molecule has 0 fully saturated rings. The summed E-state index contributed by atoms with van der Waals surface area (Å²) in [6, 6.07) is 7.56. The quantitative estimate of drug-likeness (QED) is 0.885. The van der Waals surface area contributed by atoms with Crippen LogP contribution in [0, 0.1) is 6.92 Å². The van der Waals surface area contributed by atoms with Gasteiger partial charge in [0.25, 0.3) is 0 Å². The number of hydrogen-bond donors (Lipinski definition) is 2. The maximum absolute atomic E-state index is 9.72. The predicted molar refractivity (Wildman–Crippen MR) is 76.3 cm³/mol. The third-order valence-corrected chi connectivity index (χ3v) is 3.34. The third-order valence-electron chi connectivity index (χ3n) is 2.73. The molecule has 0 amide bonds. The van der Waals surface area contributed by atoms with E-state index in [1.54, 1.807) is 6.07 Å². The maximum atomic E-state index is 9.72. The average molecular weight is 326 g/mol. The number of furan rings is 1. The van der Waals surface area contributed by atoms with Gasteiger partial charge in [-0.3, -0.25) is 0 Å². The Bertz CT molecular complexity index is 566. The number of hydrogen-bond acceptors (Lipinski definition) is 4. The molecule has 0 atom stereocenters. The normalized spacial score (nSPS) is 10.7. The summed E-state index contributed by atoms with van der Waals surface area (Å²) in [5.41, 5.74) is 1.02. The molecule has 0 aliphatic heterocycles. The Balaban J connectivity index is 1.98. The monoisotopic (exact) mass is 325 g/mol. The molecule has 2 aromatic rings. The van der Waals surface area contributed by atoms with Gasteiger partial charge in [-0.2, -0.15) is 0 Å². The van der Waals surface area contributed by atoms with E-state index in [0.717, 1.165) is 17.1 Å². The third kappa shape index (κ3) is 3.52. The lowest BCUT2D eigenvalue weighted by Gasteiger charge is -2.09. The lowest BCUT2D eigenvalue weighted by atomic mass is 10.2. The van der Waals surface area contributed by atoms with Crippen LogP contribution in [0.25, 0.3) is 0 Å². The highest BCUT2D eigenvalue weighted by Gasteiger charge is 2.08. The smallest absolute Gasteiger partial charge is 0.172 e. The second kappa shape index (κ2) is 6.12. The first-order valence-corrected chi connectivity index (χ1v) is 6.71. The first-order valence-electron chi connectivity index (χ1n) is 5.91. The van der Waals surface area contributed by atoms with Crippen molar-refractivity contribution in [1.82, 2.24) is 5.32 Å². The number of phenolic OH excluding ortho intramolecular Hbond substituents is 1. The van der Waals surface area contributed by atoms with Gasteiger partial charge in [-0.1, -0.05) is 0 Å². The van der Waals surface area contributed by atoms with Gasteiger partial charge < -0.3 is 19.6 Å². The molecule has 5 heteroatoms. The second-order valence-electron chi connectivity index (χ2n) is 4.24. The number of phenols is 1. The van der Waals surface area contributed by atoms with Gasteiger partial charge in [0.15, 0.2) is 11.5 Å². The first kappa shape index (κ1) is 14.0. The molecule has 102 valence electrons. The van der Waals surface area contributed by atoms with Crippen molar-refractivity contribution in [3.05, 3.63) is 45.8 Å². The molecule has 0 spiro atoms. The van der Waals surface area contributed by atoms with E-state index in [0.29, 0.717) is 23.3 Å². The Morgan fingerprint density at radius 3 is 2.74 bits per heavy atom. The molecule has 19 heavy (non-hydrogen) atoms. The van der Waals surface area contributed by atoms with Crippen molar-refractivity contribution >= 4 is 15.9 Å². The molecule has 0 saturated carbocycles. The van der Waals surface area contributed by atoms with Crippen molar-refractivity contribution < 1.29 is 14.3 Å². The summed E-state index contributed by atoms with van der Waals surface area (Å²) >= 11 is 3.30. The van der Waals surface area contributed by atoms with Crippen LogP contribution >= 0.6 is 15.9 Å². The first-order chi connectivity index (χ1) is 9.10. The zero-order valence-corrected chi connectivity index (χ0v) is 12.5. The number of rotatable bonds is 5. The molecule has 0 aliphatic carbocycles. The molecule has 2 rings (SSSR count). The molecule has 0 unspecified atom stereocenters. The van der Waals surface area contributed by atoms with Crippen molar-refractivity contribution in [1.29, 1.82) is 0 Å². The number of nitrogens with one attached hydrogen (secondary N) is 1. The fourth-order valence-corrected chi connectivity index (χ4v) is 2.28. The lowest BCUT2D eigenvalue weighted by Crippen LogP contribution is -2.12. The minimum absolute atomic E-state index is 0.118. The van der Waals surface area contributed by atoms with E-state index in [9.17, 15) is 5.11 Å². The Hall–Kier alpha value is -1.46. The molecule has 0 aliphatic rings. The number of halogens is 1. The van der Waals surface area contributed by atoms with E-state index in [-0.39, 0.29) is 5.75 Å². The van der Waals surface area contributed by atoms with Gasteiger partial charge in [-0.15, -0.1) is 0 Å². The van der Waals surface area contributed by atoms with Crippen LogP contribution in [0.1, 0.15) is 17.1 Å². The molecule has 0 bridgehead atoms. The van der Waals surface area contributed by atoms with Crippen molar-refractivity contribution in [2.75, 3.05) is 7.11 Å². The topological polar surface area (TPSA) is 54.6 Å². The SMILES string of the molecule is COc1cc(CNCc2ccc(C)o2)cc(Br)c1O. The van der Waals surface area contributed by atoms with E-state index in [2.05, 4.69) is 21.2 Å². The Morgan fingerprint density at radius 1 is 1.32 bits per heavy atom. The highest BCUT2D eigenvalue weighted by Crippen LogP contribution is 2.35. The molecule has 0 saturated heterocycles. The fourth-order valence-electron chi connectivity index (χ4n) is 1.80. The molecule has 1 heterocycles. The molecular formula is C14H16BrNO3. The minimum atomic E-state index is 0.118. The lowest BCUT2D eigenvalue weighted by molar-refractivity contribution is 0.371. The summed E-state index contributed by atoms with van der Waals surface area (Å²) in [6.07, 6.45) is 0. The highest BCUT2D eigenvalue weighted by molar-refractivity contribution is 9.10. The van der Waals surface area contributed by atoms with Crippen LogP contribution < -0.4 is 10.1 Å².